The lowest BCUT2D eigenvalue weighted by Gasteiger charge is -2.32. The third-order valence-corrected chi connectivity index (χ3v) is 5.64. The topological polar surface area (TPSA) is 74.7 Å². The number of halogens is 1. The van der Waals surface area contributed by atoms with E-state index in [-0.39, 0.29) is 22.6 Å². The number of hydrogen-bond acceptors (Lipinski definition) is 3. The first-order chi connectivity index (χ1) is 9.75. The Morgan fingerprint density at radius 1 is 1.29 bits per heavy atom. The van der Waals surface area contributed by atoms with Gasteiger partial charge in [0.1, 0.15) is 11.9 Å². The fraction of sp³-hybridized carbons (Fsp3) is 0.500. The van der Waals surface area contributed by atoms with Crippen LogP contribution in [0.2, 0.25) is 0 Å². The Morgan fingerprint density at radius 3 is 2.38 bits per heavy atom. The first kappa shape index (κ1) is 15.9. The second kappa shape index (κ2) is 5.73. The van der Waals surface area contributed by atoms with Crippen molar-refractivity contribution in [2.75, 3.05) is 6.54 Å². The van der Waals surface area contributed by atoms with E-state index >= 15 is 0 Å². The minimum absolute atomic E-state index is 0.0490. The first-order valence-electron chi connectivity index (χ1n) is 6.76. The van der Waals surface area contributed by atoms with Gasteiger partial charge in [-0.3, -0.25) is 4.79 Å². The van der Waals surface area contributed by atoms with Gasteiger partial charge in [0.2, 0.25) is 10.0 Å². The van der Waals surface area contributed by atoms with Gasteiger partial charge in [0.05, 0.1) is 4.90 Å². The van der Waals surface area contributed by atoms with E-state index < -0.39 is 27.9 Å². The summed E-state index contributed by atoms with van der Waals surface area (Å²) < 4.78 is 40.0. The number of aliphatic carboxylic acids is 1. The van der Waals surface area contributed by atoms with Crippen molar-refractivity contribution < 1.29 is 22.7 Å². The van der Waals surface area contributed by atoms with Gasteiger partial charge in [-0.25, -0.2) is 12.8 Å². The van der Waals surface area contributed by atoms with Crippen LogP contribution in [0.3, 0.4) is 0 Å². The molecule has 1 saturated heterocycles. The van der Waals surface area contributed by atoms with Gasteiger partial charge >= 0.3 is 5.97 Å². The minimum atomic E-state index is -3.93. The fourth-order valence-electron chi connectivity index (χ4n) is 2.63. The second-order valence-corrected chi connectivity index (χ2v) is 7.23. The van der Waals surface area contributed by atoms with Crippen LogP contribution in [-0.4, -0.2) is 36.4 Å². The van der Waals surface area contributed by atoms with E-state index in [1.165, 1.54) is 26.0 Å². The van der Waals surface area contributed by atoms with Crippen LogP contribution >= 0.6 is 0 Å². The molecular weight excluding hydrogens is 297 g/mol. The Balaban J connectivity index is 2.48. The van der Waals surface area contributed by atoms with Crippen LogP contribution < -0.4 is 0 Å². The van der Waals surface area contributed by atoms with Crippen molar-refractivity contribution >= 4 is 16.0 Å². The van der Waals surface area contributed by atoms with Gasteiger partial charge < -0.3 is 5.11 Å². The molecule has 1 N–H and O–H groups in total. The number of carboxylic acid groups (broad SMARTS) is 1. The summed E-state index contributed by atoms with van der Waals surface area (Å²) in [6.45, 7) is 3.16. The summed E-state index contributed by atoms with van der Waals surface area (Å²) in [7, 11) is -3.93. The molecule has 1 aliphatic heterocycles. The molecular formula is C14H18FNO4S. The minimum Gasteiger partial charge on any atom is -0.480 e. The maximum Gasteiger partial charge on any atom is 0.322 e. The molecule has 1 aromatic rings. The van der Waals surface area contributed by atoms with Gasteiger partial charge in [-0.05, 0) is 56.4 Å². The Hall–Kier alpha value is -1.47. The molecule has 0 amide bonds. The summed E-state index contributed by atoms with van der Waals surface area (Å²) in [6, 6.07) is 1.46. The van der Waals surface area contributed by atoms with Crippen molar-refractivity contribution in [2.45, 2.75) is 44.0 Å². The fourth-order valence-corrected chi connectivity index (χ4v) is 4.45. The highest BCUT2D eigenvalue weighted by atomic mass is 32.2. The third-order valence-electron chi connectivity index (χ3n) is 3.76. The average Bonchev–Trinajstić information content (AvgIpc) is 2.44. The highest BCUT2D eigenvalue weighted by molar-refractivity contribution is 7.89. The van der Waals surface area contributed by atoms with E-state index in [0.29, 0.717) is 19.3 Å². The normalized spacial score (nSPS) is 20.4. The van der Waals surface area contributed by atoms with Crippen LogP contribution in [0.25, 0.3) is 0 Å². The summed E-state index contributed by atoms with van der Waals surface area (Å²) in [4.78, 5) is 11.2. The number of benzene rings is 1. The van der Waals surface area contributed by atoms with Crippen molar-refractivity contribution in [2.24, 2.45) is 0 Å². The maximum absolute atomic E-state index is 13.6. The molecule has 1 heterocycles. The molecule has 1 aliphatic rings. The molecule has 0 bridgehead atoms. The van der Waals surface area contributed by atoms with E-state index in [9.17, 15) is 22.7 Å². The molecule has 7 heteroatoms. The lowest BCUT2D eigenvalue weighted by molar-refractivity contribution is -0.142. The molecule has 2 rings (SSSR count). The maximum atomic E-state index is 13.6. The standard InChI is InChI=1S/C14H18FNO4S/c1-9-7-11(8-10(2)13(9)15)21(19,20)16-6-4-3-5-12(16)14(17)18/h7-8,12H,3-6H2,1-2H3,(H,17,18). The van der Waals surface area contributed by atoms with Crippen molar-refractivity contribution in [3.05, 3.63) is 29.1 Å². The zero-order valence-electron chi connectivity index (χ0n) is 12.0. The summed E-state index contributed by atoms with van der Waals surface area (Å²) in [5, 5.41) is 9.21. The number of aryl methyl sites for hydroxylation is 2. The van der Waals surface area contributed by atoms with Gasteiger partial charge in [0.25, 0.3) is 0 Å². The molecule has 116 valence electrons. The Kier molecular flexibility index (Phi) is 4.34. The van der Waals surface area contributed by atoms with E-state index in [2.05, 4.69) is 0 Å². The van der Waals surface area contributed by atoms with Gasteiger partial charge in [0, 0.05) is 6.54 Å². The monoisotopic (exact) mass is 315 g/mol. The molecule has 1 fully saturated rings. The van der Waals surface area contributed by atoms with Crippen LogP contribution in [0, 0.1) is 19.7 Å². The van der Waals surface area contributed by atoms with Crippen LogP contribution in [0.1, 0.15) is 30.4 Å². The molecule has 1 aromatic carbocycles. The lowest BCUT2D eigenvalue weighted by atomic mass is 10.1. The SMILES string of the molecule is Cc1cc(S(=O)(=O)N2CCCCC2C(=O)O)cc(C)c1F. The molecule has 21 heavy (non-hydrogen) atoms. The summed E-state index contributed by atoms with van der Waals surface area (Å²) >= 11 is 0. The van der Waals surface area contributed by atoms with Crippen LogP contribution in [0.5, 0.6) is 0 Å². The number of carbonyl (C=O) groups is 1. The molecule has 0 saturated carbocycles. The molecule has 1 atom stereocenters. The van der Waals surface area contributed by atoms with Crippen molar-refractivity contribution in [3.63, 3.8) is 0 Å². The number of piperidine rings is 1. The summed E-state index contributed by atoms with van der Waals surface area (Å²) in [5.74, 6) is -1.59. The predicted molar refractivity (Wildman–Crippen MR) is 75.0 cm³/mol. The van der Waals surface area contributed by atoms with Gasteiger partial charge in [-0.1, -0.05) is 0 Å². The van der Waals surface area contributed by atoms with Crippen LogP contribution in [0.15, 0.2) is 17.0 Å². The highest BCUT2D eigenvalue weighted by Gasteiger charge is 2.37. The number of nitrogens with zero attached hydrogens (tertiary/aromatic N) is 1. The first-order valence-corrected chi connectivity index (χ1v) is 8.20. The number of rotatable bonds is 3. The Morgan fingerprint density at radius 2 is 1.86 bits per heavy atom. The van der Waals surface area contributed by atoms with E-state index in [0.717, 1.165) is 4.31 Å². The van der Waals surface area contributed by atoms with Crippen LogP contribution in [-0.2, 0) is 14.8 Å². The average molecular weight is 315 g/mol. The van der Waals surface area contributed by atoms with Crippen molar-refractivity contribution in [1.29, 1.82) is 0 Å². The van der Waals surface area contributed by atoms with Crippen molar-refractivity contribution in [1.82, 2.24) is 4.31 Å². The molecule has 0 spiro atoms. The van der Waals surface area contributed by atoms with E-state index in [1.54, 1.807) is 0 Å². The third kappa shape index (κ3) is 2.94. The Bertz CT molecular complexity index is 649. The quantitative estimate of drug-likeness (QED) is 0.926. The van der Waals surface area contributed by atoms with Gasteiger partial charge in [0.15, 0.2) is 0 Å². The van der Waals surface area contributed by atoms with Gasteiger partial charge in [-0.15, -0.1) is 0 Å². The number of carboxylic acids is 1. The highest BCUT2D eigenvalue weighted by Crippen LogP contribution is 2.27. The van der Waals surface area contributed by atoms with Gasteiger partial charge in [-0.2, -0.15) is 4.31 Å². The predicted octanol–water partition coefficient (Wildman–Crippen LogP) is 2.07. The molecule has 0 radical (unpaired) electrons. The Labute approximate surface area is 123 Å². The summed E-state index contributed by atoms with van der Waals surface area (Å²) in [6.07, 6.45) is 1.61. The molecule has 1 unspecified atom stereocenters. The molecule has 0 aliphatic carbocycles. The molecule has 5 nitrogen and oxygen atoms in total. The molecule has 0 aromatic heterocycles. The second-order valence-electron chi connectivity index (χ2n) is 5.34. The summed E-state index contributed by atoms with van der Waals surface area (Å²) in [5.41, 5.74) is 0.468. The van der Waals surface area contributed by atoms with E-state index in [1.807, 2.05) is 0 Å². The lowest BCUT2D eigenvalue weighted by Crippen LogP contribution is -2.47. The zero-order valence-corrected chi connectivity index (χ0v) is 12.8. The smallest absolute Gasteiger partial charge is 0.322 e. The number of hydrogen-bond donors (Lipinski definition) is 1. The zero-order chi connectivity index (χ0) is 15.8. The largest absolute Gasteiger partial charge is 0.480 e. The van der Waals surface area contributed by atoms with Crippen molar-refractivity contribution in [3.8, 4) is 0 Å². The van der Waals surface area contributed by atoms with Crippen LogP contribution in [0.4, 0.5) is 4.39 Å². The van der Waals surface area contributed by atoms with E-state index in [4.69, 9.17) is 0 Å². The number of sulfonamides is 1.